The lowest BCUT2D eigenvalue weighted by atomic mass is 9.62. The van der Waals surface area contributed by atoms with Crippen molar-refractivity contribution in [1.29, 1.82) is 0 Å². The number of hydrogen-bond donors (Lipinski definition) is 1. The van der Waals surface area contributed by atoms with Crippen LogP contribution in [0.4, 0.5) is 0 Å². The van der Waals surface area contributed by atoms with Gasteiger partial charge in [-0.25, -0.2) is 0 Å². The SMILES string of the molecule is C=CC(C)(C(C)CCCCNC)C(CC)C(C)C. The van der Waals surface area contributed by atoms with Gasteiger partial charge in [0, 0.05) is 0 Å². The highest BCUT2D eigenvalue weighted by Crippen LogP contribution is 2.44. The van der Waals surface area contributed by atoms with Gasteiger partial charge in [0.25, 0.3) is 0 Å². The van der Waals surface area contributed by atoms with E-state index in [9.17, 15) is 0 Å². The fourth-order valence-corrected chi connectivity index (χ4v) is 3.41. The Kier molecular flexibility index (Phi) is 8.60. The molecule has 0 spiro atoms. The molecule has 0 bridgehead atoms. The maximum Gasteiger partial charge on any atom is -0.00519 e. The zero-order valence-corrected chi connectivity index (χ0v) is 13.6. The molecular formula is C17H35N. The molecule has 0 aliphatic carbocycles. The van der Waals surface area contributed by atoms with Crippen LogP contribution in [-0.4, -0.2) is 13.6 Å². The van der Waals surface area contributed by atoms with Crippen LogP contribution in [0, 0.1) is 23.2 Å². The van der Waals surface area contributed by atoms with Crippen LogP contribution in [0.15, 0.2) is 12.7 Å². The average Bonchev–Trinajstić information content (AvgIpc) is 2.34. The van der Waals surface area contributed by atoms with Crippen LogP contribution in [0.25, 0.3) is 0 Å². The molecule has 0 rings (SSSR count). The van der Waals surface area contributed by atoms with Gasteiger partial charge in [0.05, 0.1) is 0 Å². The summed E-state index contributed by atoms with van der Waals surface area (Å²) in [4.78, 5) is 0. The molecule has 0 aliphatic heterocycles. The highest BCUT2D eigenvalue weighted by Gasteiger charge is 2.36. The van der Waals surface area contributed by atoms with Crippen LogP contribution in [0.2, 0.25) is 0 Å². The van der Waals surface area contributed by atoms with Gasteiger partial charge in [0.2, 0.25) is 0 Å². The summed E-state index contributed by atoms with van der Waals surface area (Å²) in [6.45, 7) is 17.1. The van der Waals surface area contributed by atoms with E-state index in [0.29, 0.717) is 0 Å². The summed E-state index contributed by atoms with van der Waals surface area (Å²) in [5, 5.41) is 3.23. The smallest absolute Gasteiger partial charge is 0.00519 e. The Balaban J connectivity index is 4.55. The molecule has 3 unspecified atom stereocenters. The first-order valence-electron chi connectivity index (χ1n) is 7.72. The summed E-state index contributed by atoms with van der Waals surface area (Å²) in [6, 6.07) is 0. The molecule has 0 saturated carbocycles. The van der Waals surface area contributed by atoms with Gasteiger partial charge in [0.15, 0.2) is 0 Å². The minimum Gasteiger partial charge on any atom is -0.320 e. The molecule has 18 heavy (non-hydrogen) atoms. The normalized spacial score (nSPS) is 18.4. The van der Waals surface area contributed by atoms with Crippen molar-refractivity contribution in [3.8, 4) is 0 Å². The molecular weight excluding hydrogens is 218 g/mol. The third kappa shape index (κ3) is 4.76. The van der Waals surface area contributed by atoms with Gasteiger partial charge >= 0.3 is 0 Å². The van der Waals surface area contributed by atoms with Gasteiger partial charge in [-0.1, -0.05) is 53.5 Å². The van der Waals surface area contributed by atoms with Gasteiger partial charge in [0.1, 0.15) is 0 Å². The fourth-order valence-electron chi connectivity index (χ4n) is 3.41. The molecule has 0 amide bonds. The minimum atomic E-state index is 0.280. The maximum atomic E-state index is 4.14. The molecule has 0 saturated heterocycles. The van der Waals surface area contributed by atoms with Crippen molar-refractivity contribution < 1.29 is 0 Å². The number of hydrogen-bond acceptors (Lipinski definition) is 1. The van der Waals surface area contributed by atoms with E-state index in [1.165, 1.54) is 25.7 Å². The van der Waals surface area contributed by atoms with E-state index in [4.69, 9.17) is 0 Å². The average molecular weight is 253 g/mol. The number of nitrogens with one attached hydrogen (secondary N) is 1. The van der Waals surface area contributed by atoms with E-state index in [1.54, 1.807) is 0 Å². The van der Waals surface area contributed by atoms with Crippen LogP contribution in [0.3, 0.4) is 0 Å². The van der Waals surface area contributed by atoms with Crippen molar-refractivity contribution in [2.75, 3.05) is 13.6 Å². The molecule has 0 radical (unpaired) electrons. The molecule has 0 aromatic heterocycles. The monoisotopic (exact) mass is 253 g/mol. The zero-order valence-electron chi connectivity index (χ0n) is 13.6. The first-order chi connectivity index (χ1) is 8.43. The Morgan fingerprint density at radius 3 is 2.22 bits per heavy atom. The molecule has 0 aromatic rings. The number of unbranched alkanes of at least 4 members (excludes halogenated alkanes) is 1. The first-order valence-corrected chi connectivity index (χ1v) is 7.72. The van der Waals surface area contributed by atoms with Crippen molar-refractivity contribution >= 4 is 0 Å². The summed E-state index contributed by atoms with van der Waals surface area (Å²) < 4.78 is 0. The van der Waals surface area contributed by atoms with E-state index in [1.807, 2.05) is 7.05 Å². The summed E-state index contributed by atoms with van der Waals surface area (Å²) in [5.74, 6) is 2.20. The van der Waals surface area contributed by atoms with Crippen molar-refractivity contribution in [2.45, 2.75) is 60.3 Å². The predicted octanol–water partition coefficient (Wildman–Crippen LogP) is 4.89. The van der Waals surface area contributed by atoms with E-state index in [-0.39, 0.29) is 5.41 Å². The van der Waals surface area contributed by atoms with Crippen molar-refractivity contribution in [3.05, 3.63) is 12.7 Å². The second-order valence-corrected chi connectivity index (χ2v) is 6.33. The first kappa shape index (κ1) is 17.7. The van der Waals surface area contributed by atoms with Crippen LogP contribution in [0.5, 0.6) is 0 Å². The fraction of sp³-hybridized carbons (Fsp3) is 0.882. The van der Waals surface area contributed by atoms with Crippen molar-refractivity contribution in [1.82, 2.24) is 5.32 Å². The summed E-state index contributed by atoms with van der Waals surface area (Å²) in [5.41, 5.74) is 0.280. The Labute approximate surface area is 115 Å². The third-order valence-electron chi connectivity index (χ3n) is 4.86. The van der Waals surface area contributed by atoms with Crippen LogP contribution in [0.1, 0.15) is 60.3 Å². The molecule has 3 atom stereocenters. The lowest BCUT2D eigenvalue weighted by Crippen LogP contribution is -2.35. The lowest BCUT2D eigenvalue weighted by molar-refractivity contribution is 0.109. The van der Waals surface area contributed by atoms with Crippen molar-refractivity contribution in [2.24, 2.45) is 23.2 Å². The minimum absolute atomic E-state index is 0.280. The van der Waals surface area contributed by atoms with Gasteiger partial charge in [-0.2, -0.15) is 0 Å². The van der Waals surface area contributed by atoms with Crippen LogP contribution >= 0.6 is 0 Å². The van der Waals surface area contributed by atoms with Gasteiger partial charge in [-0.05, 0) is 49.6 Å². The Bertz CT molecular complexity index is 222. The summed E-state index contributed by atoms with van der Waals surface area (Å²) >= 11 is 0. The molecule has 1 heteroatoms. The summed E-state index contributed by atoms with van der Waals surface area (Å²) in [6.07, 6.45) is 7.39. The standard InChI is InChI=1S/C17H35N/c1-8-16(14(3)4)17(6,9-2)15(5)12-10-11-13-18-7/h9,14-16,18H,2,8,10-13H2,1,3-7H3. The van der Waals surface area contributed by atoms with Gasteiger partial charge in [-0.3, -0.25) is 0 Å². The number of rotatable bonds is 10. The predicted molar refractivity (Wildman–Crippen MR) is 83.9 cm³/mol. The lowest BCUT2D eigenvalue weighted by Gasteiger charge is -2.42. The Morgan fingerprint density at radius 1 is 1.22 bits per heavy atom. The zero-order chi connectivity index (χ0) is 14.2. The van der Waals surface area contributed by atoms with Gasteiger partial charge < -0.3 is 5.32 Å². The Hall–Kier alpha value is -0.300. The molecule has 108 valence electrons. The highest BCUT2D eigenvalue weighted by atomic mass is 14.8. The van der Waals surface area contributed by atoms with Crippen molar-refractivity contribution in [3.63, 3.8) is 0 Å². The van der Waals surface area contributed by atoms with E-state index >= 15 is 0 Å². The largest absolute Gasteiger partial charge is 0.320 e. The van der Waals surface area contributed by atoms with Gasteiger partial charge in [-0.15, -0.1) is 6.58 Å². The summed E-state index contributed by atoms with van der Waals surface area (Å²) in [7, 11) is 2.03. The molecule has 0 aliphatic rings. The molecule has 0 heterocycles. The quantitative estimate of drug-likeness (QED) is 0.432. The highest BCUT2D eigenvalue weighted by molar-refractivity contribution is 5.00. The van der Waals surface area contributed by atoms with Crippen LogP contribution in [-0.2, 0) is 0 Å². The molecule has 0 fully saturated rings. The second-order valence-electron chi connectivity index (χ2n) is 6.33. The van der Waals surface area contributed by atoms with E-state index in [2.05, 4.69) is 52.6 Å². The number of allylic oxidation sites excluding steroid dienone is 1. The Morgan fingerprint density at radius 2 is 1.83 bits per heavy atom. The van der Waals surface area contributed by atoms with Crippen LogP contribution < -0.4 is 5.32 Å². The third-order valence-corrected chi connectivity index (χ3v) is 4.86. The molecule has 0 aromatic carbocycles. The molecule has 1 N–H and O–H groups in total. The second kappa shape index (κ2) is 8.74. The maximum absolute atomic E-state index is 4.14. The molecule has 1 nitrogen and oxygen atoms in total. The van der Waals surface area contributed by atoms with E-state index in [0.717, 1.165) is 24.3 Å². The van der Waals surface area contributed by atoms with E-state index < -0.39 is 0 Å². The topological polar surface area (TPSA) is 12.0 Å².